The summed E-state index contributed by atoms with van der Waals surface area (Å²) in [6.07, 6.45) is 6.76. The molecule has 0 amide bonds. The molecule has 0 fully saturated rings. The molecule has 0 heterocycles. The van der Waals surface area contributed by atoms with E-state index < -0.39 is 0 Å². The summed E-state index contributed by atoms with van der Waals surface area (Å²) < 4.78 is 5.56. The van der Waals surface area contributed by atoms with Crippen molar-refractivity contribution in [2.24, 2.45) is 11.1 Å². The largest absolute Gasteiger partial charge is 0.381 e. The Morgan fingerprint density at radius 1 is 1.14 bits per heavy atom. The first-order valence-corrected chi connectivity index (χ1v) is 8.11. The molecule has 3 unspecified atom stereocenters. The summed E-state index contributed by atoms with van der Waals surface area (Å²) in [6.45, 7) is 4.53. The van der Waals surface area contributed by atoms with Crippen molar-refractivity contribution in [2.45, 2.75) is 64.5 Å². The Morgan fingerprint density at radius 2 is 1.86 bits per heavy atom. The molecule has 3 nitrogen and oxygen atoms in total. The lowest BCUT2D eigenvalue weighted by molar-refractivity contribution is 0.0764. The molecule has 0 spiro atoms. The van der Waals surface area contributed by atoms with Crippen LogP contribution in [-0.4, -0.2) is 13.2 Å². The third-order valence-corrected chi connectivity index (χ3v) is 4.16. The van der Waals surface area contributed by atoms with Gasteiger partial charge in [-0.2, -0.15) is 4.91 Å². The molecule has 0 N–H and O–H groups in total. The maximum Gasteiger partial charge on any atom is 0.119 e. The molecule has 0 radical (unpaired) electrons. The Balaban J connectivity index is 2.46. The average Bonchev–Trinajstić information content (AvgIpc) is 2.54. The maximum atomic E-state index is 11.1. The Morgan fingerprint density at radius 3 is 2.43 bits per heavy atom. The molecule has 0 bridgehead atoms. The summed E-state index contributed by atoms with van der Waals surface area (Å²) in [4.78, 5) is 11.1. The number of ether oxygens (including phenoxy) is 1. The molecule has 0 saturated carbocycles. The number of nitroso groups, excluding NO2 is 1. The van der Waals surface area contributed by atoms with Crippen molar-refractivity contribution in [2.75, 3.05) is 7.11 Å². The maximum absolute atomic E-state index is 11.1. The third kappa shape index (κ3) is 6.85. The first kappa shape index (κ1) is 17.8. The van der Waals surface area contributed by atoms with Gasteiger partial charge in [0.25, 0.3) is 0 Å². The summed E-state index contributed by atoms with van der Waals surface area (Å²) in [7, 11) is 1.73. The summed E-state index contributed by atoms with van der Waals surface area (Å²) >= 11 is 0. The van der Waals surface area contributed by atoms with Gasteiger partial charge >= 0.3 is 0 Å². The molecule has 1 aromatic rings. The number of hydrogen-bond acceptors (Lipinski definition) is 3. The second-order valence-electron chi connectivity index (χ2n) is 5.95. The van der Waals surface area contributed by atoms with Crippen LogP contribution in [0.2, 0.25) is 0 Å². The van der Waals surface area contributed by atoms with Gasteiger partial charge in [-0.05, 0) is 24.3 Å². The van der Waals surface area contributed by atoms with Crippen LogP contribution in [0.5, 0.6) is 0 Å². The third-order valence-electron chi connectivity index (χ3n) is 4.16. The minimum absolute atomic E-state index is 0.108. The van der Waals surface area contributed by atoms with Crippen LogP contribution >= 0.6 is 0 Å². The molecule has 0 saturated heterocycles. The zero-order chi connectivity index (χ0) is 15.5. The molecule has 1 rings (SSSR count). The second kappa shape index (κ2) is 10.5. The highest BCUT2D eigenvalue weighted by molar-refractivity contribution is 5.19. The number of unbranched alkanes of at least 4 members (excludes halogenated alkanes) is 1. The first-order chi connectivity index (χ1) is 10.2. The summed E-state index contributed by atoms with van der Waals surface area (Å²) in [6, 6.07) is 9.46. The highest BCUT2D eigenvalue weighted by atomic mass is 16.5. The van der Waals surface area contributed by atoms with E-state index >= 15 is 0 Å². The van der Waals surface area contributed by atoms with E-state index in [0.29, 0.717) is 6.42 Å². The number of methoxy groups -OCH3 is 1. The monoisotopic (exact) mass is 291 g/mol. The standard InChI is InChI=1S/C18H29NO2/c1-4-5-9-15(2)12-13-17(21-3)14-18(19-20)16-10-7-6-8-11-16/h6-8,10-11,15,17-18H,4-5,9,12-14H2,1-3H3. The van der Waals surface area contributed by atoms with Crippen LogP contribution < -0.4 is 0 Å². The lowest BCUT2D eigenvalue weighted by Gasteiger charge is -2.20. The Kier molecular flexibility index (Phi) is 8.91. The lowest BCUT2D eigenvalue weighted by atomic mass is 9.93. The van der Waals surface area contributed by atoms with E-state index in [9.17, 15) is 4.91 Å². The number of nitrogens with zero attached hydrogens (tertiary/aromatic N) is 1. The molecule has 1 aromatic carbocycles. The molecular weight excluding hydrogens is 262 g/mol. The number of rotatable bonds is 11. The summed E-state index contributed by atoms with van der Waals surface area (Å²) in [5, 5.41) is 3.29. The first-order valence-electron chi connectivity index (χ1n) is 8.11. The number of hydrogen-bond donors (Lipinski definition) is 0. The quantitative estimate of drug-likeness (QED) is 0.504. The summed E-state index contributed by atoms with van der Waals surface area (Å²) in [5.41, 5.74) is 0.980. The van der Waals surface area contributed by atoms with E-state index in [0.717, 1.165) is 24.3 Å². The normalized spacial score (nSPS) is 15.4. The lowest BCUT2D eigenvalue weighted by Crippen LogP contribution is -2.15. The second-order valence-corrected chi connectivity index (χ2v) is 5.95. The van der Waals surface area contributed by atoms with Crippen molar-refractivity contribution >= 4 is 0 Å². The van der Waals surface area contributed by atoms with E-state index in [2.05, 4.69) is 19.0 Å². The van der Waals surface area contributed by atoms with Gasteiger partial charge in [0, 0.05) is 13.5 Å². The van der Waals surface area contributed by atoms with Crippen LogP contribution in [0.3, 0.4) is 0 Å². The molecule has 0 aliphatic heterocycles. The van der Waals surface area contributed by atoms with Gasteiger partial charge in [-0.3, -0.25) is 0 Å². The minimum Gasteiger partial charge on any atom is -0.381 e. The van der Waals surface area contributed by atoms with Crippen molar-refractivity contribution < 1.29 is 4.74 Å². The molecule has 0 aliphatic rings. The molecule has 118 valence electrons. The highest BCUT2D eigenvalue weighted by Crippen LogP contribution is 2.26. The van der Waals surface area contributed by atoms with Crippen LogP contribution in [-0.2, 0) is 4.74 Å². The molecule has 0 aliphatic carbocycles. The minimum atomic E-state index is -0.304. The average molecular weight is 291 g/mol. The van der Waals surface area contributed by atoms with Crippen molar-refractivity contribution in [3.63, 3.8) is 0 Å². The Bertz CT molecular complexity index is 380. The van der Waals surface area contributed by atoms with Gasteiger partial charge in [-0.25, -0.2) is 0 Å². The SMILES string of the molecule is CCCCC(C)CCC(CC(N=O)c1ccccc1)OC. The number of benzene rings is 1. The van der Waals surface area contributed by atoms with E-state index in [1.54, 1.807) is 7.11 Å². The van der Waals surface area contributed by atoms with E-state index in [4.69, 9.17) is 4.74 Å². The topological polar surface area (TPSA) is 38.7 Å². The summed E-state index contributed by atoms with van der Waals surface area (Å²) in [5.74, 6) is 0.724. The van der Waals surface area contributed by atoms with Gasteiger partial charge in [-0.1, -0.05) is 68.6 Å². The van der Waals surface area contributed by atoms with Gasteiger partial charge in [0.2, 0.25) is 0 Å². The molecule has 3 atom stereocenters. The fourth-order valence-electron chi connectivity index (χ4n) is 2.66. The van der Waals surface area contributed by atoms with Gasteiger partial charge in [0.1, 0.15) is 6.04 Å². The smallest absolute Gasteiger partial charge is 0.119 e. The van der Waals surface area contributed by atoms with Gasteiger partial charge in [0.15, 0.2) is 0 Å². The zero-order valence-corrected chi connectivity index (χ0v) is 13.6. The van der Waals surface area contributed by atoms with Crippen molar-refractivity contribution in [1.29, 1.82) is 0 Å². The predicted molar refractivity (Wildman–Crippen MR) is 88.3 cm³/mol. The predicted octanol–water partition coefficient (Wildman–Crippen LogP) is 5.51. The molecular formula is C18H29NO2. The zero-order valence-electron chi connectivity index (χ0n) is 13.6. The molecule has 0 aromatic heterocycles. The van der Waals surface area contributed by atoms with Gasteiger partial charge < -0.3 is 4.74 Å². The van der Waals surface area contributed by atoms with Crippen LogP contribution in [0, 0.1) is 10.8 Å². The van der Waals surface area contributed by atoms with Gasteiger partial charge in [-0.15, -0.1) is 0 Å². The molecule has 21 heavy (non-hydrogen) atoms. The van der Waals surface area contributed by atoms with Crippen LogP contribution in [0.1, 0.15) is 64.0 Å². The van der Waals surface area contributed by atoms with E-state index in [-0.39, 0.29) is 12.1 Å². The van der Waals surface area contributed by atoms with Crippen molar-refractivity contribution in [1.82, 2.24) is 0 Å². The van der Waals surface area contributed by atoms with Crippen molar-refractivity contribution in [3.8, 4) is 0 Å². The fraction of sp³-hybridized carbons (Fsp3) is 0.667. The fourth-order valence-corrected chi connectivity index (χ4v) is 2.66. The molecule has 3 heteroatoms. The van der Waals surface area contributed by atoms with Crippen LogP contribution in [0.4, 0.5) is 0 Å². The highest BCUT2D eigenvalue weighted by Gasteiger charge is 2.19. The Labute approximate surface area is 129 Å². The van der Waals surface area contributed by atoms with Gasteiger partial charge in [0.05, 0.1) is 6.10 Å². The van der Waals surface area contributed by atoms with Crippen LogP contribution in [0.15, 0.2) is 35.5 Å². The van der Waals surface area contributed by atoms with Crippen LogP contribution in [0.25, 0.3) is 0 Å². The van der Waals surface area contributed by atoms with E-state index in [1.165, 1.54) is 19.3 Å². The van der Waals surface area contributed by atoms with Crippen molar-refractivity contribution in [3.05, 3.63) is 40.8 Å². The Hall–Kier alpha value is -1.22. The van der Waals surface area contributed by atoms with E-state index in [1.807, 2.05) is 30.3 Å².